The Labute approximate surface area is 130 Å². The van der Waals surface area contributed by atoms with Gasteiger partial charge in [0.15, 0.2) is 0 Å². The number of halogens is 1. The summed E-state index contributed by atoms with van der Waals surface area (Å²) in [6, 6.07) is 10.2. The second-order valence-electron chi connectivity index (χ2n) is 4.45. The average Bonchev–Trinajstić information content (AvgIpc) is 2.90. The van der Waals surface area contributed by atoms with E-state index in [0.29, 0.717) is 0 Å². The first-order valence-electron chi connectivity index (χ1n) is 6.13. The van der Waals surface area contributed by atoms with Crippen LogP contribution in [-0.4, -0.2) is 28.5 Å². The molecule has 1 N–H and O–H groups in total. The average molecular weight is 337 g/mol. The lowest BCUT2D eigenvalue weighted by Gasteiger charge is -2.09. The maximum Gasteiger partial charge on any atom is 0.353 e. The molecule has 0 atom stereocenters. The molecule has 0 fully saturated rings. The molecule has 0 unspecified atom stereocenters. The Morgan fingerprint density at radius 1 is 1.18 bits per heavy atom. The smallest absolute Gasteiger partial charge is 0.353 e. The van der Waals surface area contributed by atoms with Crippen LogP contribution in [0.1, 0.15) is 10.5 Å². The number of benzene rings is 1. The van der Waals surface area contributed by atoms with Crippen molar-refractivity contribution in [3.63, 3.8) is 0 Å². The van der Waals surface area contributed by atoms with E-state index in [4.69, 9.17) is 11.6 Å². The number of carboxylic acid groups (broad SMARTS) is 1. The Morgan fingerprint density at radius 3 is 2.50 bits per heavy atom. The maximum atomic E-state index is 12.8. The zero-order valence-corrected chi connectivity index (χ0v) is 12.5. The number of aromatic carboxylic acids is 1. The first-order valence-corrected chi connectivity index (χ1v) is 7.94. The van der Waals surface area contributed by atoms with Crippen LogP contribution in [0.3, 0.4) is 0 Å². The summed E-state index contributed by atoms with van der Waals surface area (Å²) < 4.78 is 26.3. The van der Waals surface area contributed by atoms with Crippen LogP contribution in [-0.2, 0) is 10.0 Å². The zero-order chi connectivity index (χ0) is 15.9. The predicted molar refractivity (Wildman–Crippen MR) is 80.7 cm³/mol. The van der Waals surface area contributed by atoms with Crippen LogP contribution >= 0.6 is 11.6 Å². The van der Waals surface area contributed by atoms with Crippen LogP contribution in [0, 0.1) is 0 Å². The minimum atomic E-state index is -4.07. The highest BCUT2D eigenvalue weighted by molar-refractivity contribution is 7.90. The summed E-state index contributed by atoms with van der Waals surface area (Å²) in [4.78, 5) is 15.3. The standard InChI is InChI=1S/C14H9ClN2O4S/c15-13-10-8-12(14(18)19)17(11(10)6-7-16-13)22(20,21)9-4-2-1-3-5-9/h1-8H,(H,18,19). The van der Waals surface area contributed by atoms with Gasteiger partial charge in [0.1, 0.15) is 10.8 Å². The number of rotatable bonds is 3. The summed E-state index contributed by atoms with van der Waals surface area (Å²) in [6.45, 7) is 0. The fraction of sp³-hybridized carbons (Fsp3) is 0. The number of hydrogen-bond donors (Lipinski definition) is 1. The lowest BCUT2D eigenvalue weighted by molar-refractivity contribution is 0.0689. The highest BCUT2D eigenvalue weighted by Crippen LogP contribution is 2.29. The molecule has 1 aromatic carbocycles. The largest absolute Gasteiger partial charge is 0.477 e. The third-order valence-electron chi connectivity index (χ3n) is 3.14. The summed E-state index contributed by atoms with van der Waals surface area (Å²) in [5, 5.41) is 9.63. The van der Waals surface area contributed by atoms with Crippen molar-refractivity contribution >= 4 is 38.5 Å². The molecule has 112 valence electrons. The van der Waals surface area contributed by atoms with Crippen molar-refractivity contribution in [3.8, 4) is 0 Å². The molecular formula is C14H9ClN2O4S. The van der Waals surface area contributed by atoms with Gasteiger partial charge in [0.05, 0.1) is 10.4 Å². The molecule has 22 heavy (non-hydrogen) atoms. The van der Waals surface area contributed by atoms with Crippen molar-refractivity contribution in [2.24, 2.45) is 0 Å². The lowest BCUT2D eigenvalue weighted by Crippen LogP contribution is -2.18. The third kappa shape index (κ3) is 2.15. The number of aromatic nitrogens is 2. The summed E-state index contributed by atoms with van der Waals surface area (Å²) in [5.41, 5.74) is -0.227. The molecule has 0 spiro atoms. The topological polar surface area (TPSA) is 89.3 Å². The lowest BCUT2D eigenvalue weighted by atomic mass is 10.3. The molecule has 8 heteroatoms. The third-order valence-corrected chi connectivity index (χ3v) is 5.18. The van der Waals surface area contributed by atoms with Crippen molar-refractivity contribution in [1.82, 2.24) is 8.96 Å². The molecule has 0 aliphatic carbocycles. The maximum absolute atomic E-state index is 12.8. The Balaban J connectivity index is 2.42. The number of nitrogens with zero attached hydrogens (tertiary/aromatic N) is 2. The van der Waals surface area contributed by atoms with Gasteiger partial charge in [-0.25, -0.2) is 22.2 Å². The molecule has 3 aromatic rings. The van der Waals surface area contributed by atoms with Crippen LogP contribution < -0.4 is 0 Å². The minimum Gasteiger partial charge on any atom is -0.477 e. The van der Waals surface area contributed by atoms with Gasteiger partial charge in [0.25, 0.3) is 10.0 Å². The van der Waals surface area contributed by atoms with E-state index < -0.39 is 21.7 Å². The van der Waals surface area contributed by atoms with E-state index >= 15 is 0 Å². The van der Waals surface area contributed by atoms with Crippen molar-refractivity contribution in [2.75, 3.05) is 0 Å². The second-order valence-corrected chi connectivity index (χ2v) is 6.60. The minimum absolute atomic E-state index is 0.0112. The van der Waals surface area contributed by atoms with Gasteiger partial charge in [-0.3, -0.25) is 0 Å². The van der Waals surface area contributed by atoms with Crippen LogP contribution in [0.25, 0.3) is 10.9 Å². The number of fused-ring (bicyclic) bond motifs is 1. The fourth-order valence-electron chi connectivity index (χ4n) is 2.18. The van der Waals surface area contributed by atoms with Crippen LogP contribution in [0.15, 0.2) is 53.6 Å². The highest BCUT2D eigenvalue weighted by Gasteiger charge is 2.26. The van der Waals surface area contributed by atoms with E-state index in [1.807, 2.05) is 0 Å². The Morgan fingerprint density at radius 2 is 1.86 bits per heavy atom. The van der Waals surface area contributed by atoms with E-state index in [0.717, 1.165) is 3.97 Å². The van der Waals surface area contributed by atoms with E-state index in [2.05, 4.69) is 4.98 Å². The van der Waals surface area contributed by atoms with Gasteiger partial charge >= 0.3 is 5.97 Å². The number of pyridine rings is 1. The number of hydrogen-bond acceptors (Lipinski definition) is 4. The quantitative estimate of drug-likeness (QED) is 0.743. The van der Waals surface area contributed by atoms with Crippen molar-refractivity contribution in [3.05, 3.63) is 59.5 Å². The molecule has 2 aromatic heterocycles. The van der Waals surface area contributed by atoms with Gasteiger partial charge < -0.3 is 5.11 Å². The van der Waals surface area contributed by atoms with E-state index in [9.17, 15) is 18.3 Å². The van der Waals surface area contributed by atoms with Crippen molar-refractivity contribution in [1.29, 1.82) is 0 Å². The predicted octanol–water partition coefficient (Wildman–Crippen LogP) is 2.62. The number of carbonyl (C=O) groups is 1. The van der Waals surface area contributed by atoms with Gasteiger partial charge in [-0.05, 0) is 24.3 Å². The molecule has 0 aliphatic heterocycles. The van der Waals surface area contributed by atoms with Gasteiger partial charge in [-0.1, -0.05) is 29.8 Å². The van der Waals surface area contributed by atoms with Gasteiger partial charge in [0, 0.05) is 11.6 Å². The SMILES string of the molecule is O=C(O)c1cc2c(Cl)nccc2n1S(=O)(=O)c1ccccc1. The first kappa shape index (κ1) is 14.6. The molecule has 0 aliphatic rings. The van der Waals surface area contributed by atoms with E-state index in [-0.39, 0.29) is 21.0 Å². The van der Waals surface area contributed by atoms with Crippen LogP contribution in [0.5, 0.6) is 0 Å². The van der Waals surface area contributed by atoms with Gasteiger partial charge in [-0.2, -0.15) is 0 Å². The zero-order valence-electron chi connectivity index (χ0n) is 11.0. The molecule has 2 heterocycles. The van der Waals surface area contributed by atoms with E-state index in [1.165, 1.54) is 30.5 Å². The molecule has 0 saturated heterocycles. The molecule has 0 amide bonds. The van der Waals surface area contributed by atoms with Crippen LogP contribution in [0.4, 0.5) is 0 Å². The second kappa shape index (κ2) is 5.11. The normalized spacial score (nSPS) is 11.7. The van der Waals surface area contributed by atoms with Crippen molar-refractivity contribution < 1.29 is 18.3 Å². The van der Waals surface area contributed by atoms with Gasteiger partial charge in [0.2, 0.25) is 0 Å². The Bertz CT molecular complexity index is 981. The molecule has 3 rings (SSSR count). The molecule has 6 nitrogen and oxygen atoms in total. The number of carboxylic acids is 1. The summed E-state index contributed by atoms with van der Waals surface area (Å²) in [5.74, 6) is -1.37. The summed E-state index contributed by atoms with van der Waals surface area (Å²) >= 11 is 5.93. The first-order chi connectivity index (χ1) is 10.4. The fourth-order valence-corrected chi connectivity index (χ4v) is 3.91. The molecule has 0 radical (unpaired) electrons. The summed E-state index contributed by atoms with van der Waals surface area (Å²) in [7, 11) is -4.07. The Hall–Kier alpha value is -2.38. The summed E-state index contributed by atoms with van der Waals surface area (Å²) in [6.07, 6.45) is 1.33. The van der Waals surface area contributed by atoms with E-state index in [1.54, 1.807) is 18.2 Å². The van der Waals surface area contributed by atoms with Crippen molar-refractivity contribution in [2.45, 2.75) is 4.90 Å². The van der Waals surface area contributed by atoms with Gasteiger partial charge in [-0.15, -0.1) is 0 Å². The molecule has 0 saturated carbocycles. The monoisotopic (exact) mass is 336 g/mol. The molecule has 0 bridgehead atoms. The Kier molecular flexibility index (Phi) is 3.38. The highest BCUT2D eigenvalue weighted by atomic mass is 35.5. The van der Waals surface area contributed by atoms with Crippen LogP contribution in [0.2, 0.25) is 5.15 Å². The molecular weight excluding hydrogens is 328 g/mol.